The molecule has 0 atom stereocenters. The minimum absolute atomic E-state index is 0.282. The molecule has 1 aromatic heterocycles. The number of aromatic nitrogens is 2. The molecule has 0 aromatic carbocycles. The van der Waals surface area contributed by atoms with Crippen molar-refractivity contribution in [2.24, 2.45) is 7.05 Å². The lowest BCUT2D eigenvalue weighted by molar-refractivity contribution is 0.296. The fourth-order valence-corrected chi connectivity index (χ4v) is 2.54. The van der Waals surface area contributed by atoms with E-state index in [9.17, 15) is 0 Å². The zero-order chi connectivity index (χ0) is 12.7. The number of rotatable bonds is 8. The molecule has 0 fully saturated rings. The molecule has 0 aliphatic carbocycles. The van der Waals surface area contributed by atoms with Gasteiger partial charge in [0.25, 0.3) is 0 Å². The highest BCUT2D eigenvalue weighted by Gasteiger charge is 2.09. The Hall–Kier alpha value is -0.230. The van der Waals surface area contributed by atoms with Gasteiger partial charge in [0, 0.05) is 32.5 Å². The number of aliphatic hydroxyl groups is 1. The van der Waals surface area contributed by atoms with E-state index in [2.05, 4.69) is 10.4 Å². The summed E-state index contributed by atoms with van der Waals surface area (Å²) in [6.45, 7) is 3.88. The van der Waals surface area contributed by atoms with Gasteiger partial charge in [0.05, 0.1) is 16.4 Å². The van der Waals surface area contributed by atoms with E-state index in [-0.39, 0.29) is 6.61 Å². The Morgan fingerprint density at radius 3 is 2.82 bits per heavy atom. The third-order valence-electron chi connectivity index (χ3n) is 2.42. The maximum absolute atomic E-state index is 8.63. The molecule has 0 bridgehead atoms. The van der Waals surface area contributed by atoms with Crippen molar-refractivity contribution in [2.45, 2.75) is 19.9 Å². The number of nitrogens with one attached hydrogen (secondary N) is 1. The Labute approximate surface area is 112 Å². The maximum atomic E-state index is 8.63. The van der Waals surface area contributed by atoms with Crippen LogP contribution in [0.25, 0.3) is 0 Å². The van der Waals surface area contributed by atoms with Crippen LogP contribution in [0.2, 0.25) is 5.02 Å². The van der Waals surface area contributed by atoms with Crippen molar-refractivity contribution in [3.8, 4) is 0 Å². The molecular formula is C11H20ClN3OS. The summed E-state index contributed by atoms with van der Waals surface area (Å²) in [6, 6.07) is 0. The van der Waals surface area contributed by atoms with Gasteiger partial charge in [0.1, 0.15) is 0 Å². The van der Waals surface area contributed by atoms with E-state index in [0.717, 1.165) is 47.4 Å². The lowest BCUT2D eigenvalue weighted by Gasteiger charge is -2.05. The highest BCUT2D eigenvalue weighted by atomic mass is 35.5. The summed E-state index contributed by atoms with van der Waals surface area (Å²) < 4.78 is 1.82. The molecule has 0 amide bonds. The fourth-order valence-electron chi connectivity index (χ4n) is 1.49. The summed E-state index contributed by atoms with van der Waals surface area (Å²) >= 11 is 7.99. The number of thioether (sulfide) groups is 1. The van der Waals surface area contributed by atoms with Crippen LogP contribution < -0.4 is 5.32 Å². The van der Waals surface area contributed by atoms with Crippen molar-refractivity contribution < 1.29 is 5.11 Å². The van der Waals surface area contributed by atoms with Gasteiger partial charge in [-0.2, -0.15) is 16.9 Å². The van der Waals surface area contributed by atoms with Crippen molar-refractivity contribution in [1.29, 1.82) is 0 Å². The van der Waals surface area contributed by atoms with Crippen LogP contribution in [0.4, 0.5) is 0 Å². The first-order valence-electron chi connectivity index (χ1n) is 5.74. The SMILES string of the molecule is Cc1nn(C)c(CNCCSCCCO)c1Cl. The van der Waals surface area contributed by atoms with Gasteiger partial charge in [-0.3, -0.25) is 4.68 Å². The van der Waals surface area contributed by atoms with Crippen LogP contribution in [-0.4, -0.2) is 39.5 Å². The van der Waals surface area contributed by atoms with Crippen LogP contribution in [0.15, 0.2) is 0 Å². The zero-order valence-corrected chi connectivity index (χ0v) is 11.9. The van der Waals surface area contributed by atoms with Gasteiger partial charge < -0.3 is 10.4 Å². The maximum Gasteiger partial charge on any atom is 0.0860 e. The molecule has 1 aromatic rings. The van der Waals surface area contributed by atoms with Gasteiger partial charge in [0.15, 0.2) is 0 Å². The minimum Gasteiger partial charge on any atom is -0.396 e. The molecule has 98 valence electrons. The summed E-state index contributed by atoms with van der Waals surface area (Å²) in [5.41, 5.74) is 1.91. The molecule has 0 spiro atoms. The Bertz CT molecular complexity index is 344. The van der Waals surface area contributed by atoms with Crippen molar-refractivity contribution >= 4 is 23.4 Å². The molecule has 0 saturated carbocycles. The van der Waals surface area contributed by atoms with Gasteiger partial charge >= 0.3 is 0 Å². The van der Waals surface area contributed by atoms with Crippen molar-refractivity contribution in [3.63, 3.8) is 0 Å². The Kier molecular flexibility index (Phi) is 6.96. The first-order chi connectivity index (χ1) is 8.16. The molecule has 0 unspecified atom stereocenters. The summed E-state index contributed by atoms with van der Waals surface area (Å²) in [6.07, 6.45) is 0.872. The van der Waals surface area contributed by atoms with Crippen LogP contribution >= 0.6 is 23.4 Å². The second-order valence-corrected chi connectivity index (χ2v) is 5.44. The van der Waals surface area contributed by atoms with E-state index in [1.165, 1.54) is 0 Å². The van der Waals surface area contributed by atoms with E-state index in [1.807, 2.05) is 30.4 Å². The third kappa shape index (κ3) is 4.87. The van der Waals surface area contributed by atoms with Gasteiger partial charge in [-0.05, 0) is 19.1 Å². The Morgan fingerprint density at radius 1 is 1.47 bits per heavy atom. The first-order valence-corrected chi connectivity index (χ1v) is 7.27. The molecule has 2 N–H and O–H groups in total. The predicted octanol–water partition coefficient (Wildman–Crippen LogP) is 1.59. The van der Waals surface area contributed by atoms with Gasteiger partial charge in [-0.15, -0.1) is 0 Å². The molecule has 0 aliphatic heterocycles. The van der Waals surface area contributed by atoms with E-state index >= 15 is 0 Å². The Balaban J connectivity index is 2.18. The lowest BCUT2D eigenvalue weighted by atomic mass is 10.3. The number of nitrogens with zero attached hydrogens (tertiary/aromatic N) is 2. The number of aliphatic hydroxyl groups excluding tert-OH is 1. The predicted molar refractivity (Wildman–Crippen MR) is 73.7 cm³/mol. The van der Waals surface area contributed by atoms with Gasteiger partial charge in [0.2, 0.25) is 0 Å². The van der Waals surface area contributed by atoms with Crippen molar-refractivity contribution in [3.05, 3.63) is 16.4 Å². The summed E-state index contributed by atoms with van der Waals surface area (Å²) in [5, 5.41) is 17.0. The summed E-state index contributed by atoms with van der Waals surface area (Å²) in [5.74, 6) is 2.07. The summed E-state index contributed by atoms with van der Waals surface area (Å²) in [4.78, 5) is 0. The summed E-state index contributed by atoms with van der Waals surface area (Å²) in [7, 11) is 1.91. The van der Waals surface area contributed by atoms with Crippen LogP contribution in [-0.2, 0) is 13.6 Å². The highest BCUT2D eigenvalue weighted by Crippen LogP contribution is 2.18. The fraction of sp³-hybridized carbons (Fsp3) is 0.727. The van der Waals surface area contributed by atoms with Crippen LogP contribution in [0.5, 0.6) is 0 Å². The van der Waals surface area contributed by atoms with Crippen molar-refractivity contribution in [2.75, 3.05) is 24.7 Å². The molecule has 0 saturated heterocycles. The van der Waals surface area contributed by atoms with Gasteiger partial charge in [-0.1, -0.05) is 11.6 Å². The zero-order valence-electron chi connectivity index (χ0n) is 10.4. The van der Waals surface area contributed by atoms with Crippen molar-refractivity contribution in [1.82, 2.24) is 15.1 Å². The Morgan fingerprint density at radius 2 is 2.24 bits per heavy atom. The first kappa shape index (κ1) is 14.8. The van der Waals surface area contributed by atoms with E-state index in [1.54, 1.807) is 0 Å². The number of hydrogen-bond donors (Lipinski definition) is 2. The standard InChI is InChI=1S/C11H20ClN3OS/c1-9-11(12)10(15(2)14-9)8-13-4-7-17-6-3-5-16/h13,16H,3-8H2,1-2H3. The topological polar surface area (TPSA) is 50.1 Å². The number of hydrogen-bond acceptors (Lipinski definition) is 4. The third-order valence-corrected chi connectivity index (χ3v) is 3.99. The van der Waals surface area contributed by atoms with E-state index in [0.29, 0.717) is 0 Å². The quantitative estimate of drug-likeness (QED) is 0.709. The molecule has 0 aliphatic rings. The second kappa shape index (κ2) is 7.97. The normalized spacial score (nSPS) is 11.1. The molecule has 6 heteroatoms. The minimum atomic E-state index is 0.282. The van der Waals surface area contributed by atoms with Crippen LogP contribution in [0, 0.1) is 6.92 Å². The van der Waals surface area contributed by atoms with Crippen LogP contribution in [0.3, 0.4) is 0 Å². The second-order valence-electron chi connectivity index (χ2n) is 3.84. The smallest absolute Gasteiger partial charge is 0.0860 e. The molecular weight excluding hydrogens is 258 g/mol. The molecule has 1 heterocycles. The number of aryl methyl sites for hydroxylation is 2. The molecule has 17 heavy (non-hydrogen) atoms. The largest absolute Gasteiger partial charge is 0.396 e. The lowest BCUT2D eigenvalue weighted by Crippen LogP contribution is -2.19. The number of halogens is 1. The molecule has 0 radical (unpaired) electrons. The average molecular weight is 278 g/mol. The van der Waals surface area contributed by atoms with Gasteiger partial charge in [-0.25, -0.2) is 0 Å². The van der Waals surface area contributed by atoms with Crippen LogP contribution in [0.1, 0.15) is 17.8 Å². The molecule has 1 rings (SSSR count). The van der Waals surface area contributed by atoms with E-state index < -0.39 is 0 Å². The van der Waals surface area contributed by atoms with E-state index in [4.69, 9.17) is 16.7 Å². The molecule has 4 nitrogen and oxygen atoms in total. The monoisotopic (exact) mass is 277 g/mol. The highest BCUT2D eigenvalue weighted by molar-refractivity contribution is 7.99. The average Bonchev–Trinajstić information content (AvgIpc) is 2.54.